The monoisotopic (exact) mass is 521 g/mol. The van der Waals surface area contributed by atoms with Crippen molar-refractivity contribution >= 4 is 29.2 Å². The van der Waals surface area contributed by atoms with Gasteiger partial charge in [-0.25, -0.2) is 4.98 Å². The molecular weight excluding hydrogens is 482 g/mol. The lowest BCUT2D eigenvalue weighted by molar-refractivity contribution is -0.127. The Morgan fingerprint density at radius 2 is 2.00 bits per heavy atom. The van der Waals surface area contributed by atoms with Crippen LogP contribution < -0.4 is 5.32 Å². The predicted molar refractivity (Wildman–Crippen MR) is 149 cm³/mol. The number of likely N-dealkylation sites (N-methyl/N-ethyl adjacent to an activating group) is 1. The maximum Gasteiger partial charge on any atom is 0.264 e. The summed E-state index contributed by atoms with van der Waals surface area (Å²) in [6, 6.07) is 10.0. The number of amides is 2. The van der Waals surface area contributed by atoms with Gasteiger partial charge in [0, 0.05) is 31.6 Å². The molecular formula is C29H39N5O2S. The summed E-state index contributed by atoms with van der Waals surface area (Å²) in [5.74, 6) is -0.215. The first-order valence-corrected chi connectivity index (χ1v) is 14.3. The molecule has 3 rings (SSSR count). The van der Waals surface area contributed by atoms with Gasteiger partial charge in [0.25, 0.3) is 5.91 Å². The van der Waals surface area contributed by atoms with Crippen molar-refractivity contribution in [3.63, 3.8) is 0 Å². The van der Waals surface area contributed by atoms with E-state index in [2.05, 4.69) is 22.1 Å². The number of likely N-dealkylation sites (tertiary alicyclic amines) is 1. The lowest BCUT2D eigenvalue weighted by Gasteiger charge is -2.28. The SMILES string of the molecule is CCCC(c1ccc(CCC(=O)NCCCCN2CCCC2)cc1)N(C)C(=O)/C(C#N)=C/c1nccs1. The van der Waals surface area contributed by atoms with Crippen LogP contribution in [-0.2, 0) is 16.0 Å². The molecule has 198 valence electrons. The average molecular weight is 522 g/mol. The molecule has 1 aliphatic rings. The number of nitrogens with zero attached hydrogens (tertiary/aromatic N) is 4. The maximum atomic E-state index is 13.1. The molecule has 2 amide bonds. The average Bonchev–Trinajstić information content (AvgIpc) is 3.63. The Balaban J connectivity index is 1.48. The van der Waals surface area contributed by atoms with Crippen molar-refractivity contribution < 1.29 is 9.59 Å². The largest absolute Gasteiger partial charge is 0.356 e. The van der Waals surface area contributed by atoms with Crippen LogP contribution in [0.25, 0.3) is 6.08 Å². The first kappa shape index (κ1) is 28.5. The second-order valence-corrected chi connectivity index (χ2v) is 10.5. The van der Waals surface area contributed by atoms with Crippen molar-refractivity contribution in [3.8, 4) is 6.07 Å². The molecule has 0 aliphatic carbocycles. The van der Waals surface area contributed by atoms with E-state index in [0.717, 1.165) is 49.9 Å². The first-order valence-electron chi connectivity index (χ1n) is 13.4. The van der Waals surface area contributed by atoms with Crippen molar-refractivity contribution in [2.24, 2.45) is 0 Å². The van der Waals surface area contributed by atoms with Gasteiger partial charge in [-0.3, -0.25) is 9.59 Å². The van der Waals surface area contributed by atoms with Crippen LogP contribution in [0.1, 0.15) is 74.0 Å². The molecule has 2 heterocycles. The number of unbranched alkanes of at least 4 members (excludes halogenated alkanes) is 1. The highest BCUT2D eigenvalue weighted by Gasteiger charge is 2.24. The molecule has 1 atom stereocenters. The topological polar surface area (TPSA) is 89.3 Å². The number of nitrogens with one attached hydrogen (secondary N) is 1. The van der Waals surface area contributed by atoms with Crippen molar-refractivity contribution in [3.05, 3.63) is 57.6 Å². The van der Waals surface area contributed by atoms with Crippen LogP contribution in [0.4, 0.5) is 0 Å². The number of hydrogen-bond acceptors (Lipinski definition) is 6. The number of benzene rings is 1. The molecule has 0 radical (unpaired) electrons. The molecule has 1 unspecified atom stereocenters. The van der Waals surface area contributed by atoms with Gasteiger partial charge in [-0.2, -0.15) is 5.26 Å². The van der Waals surface area contributed by atoms with E-state index >= 15 is 0 Å². The van der Waals surface area contributed by atoms with Crippen LogP contribution in [0.15, 0.2) is 41.4 Å². The number of nitriles is 1. The second kappa shape index (κ2) is 15.3. The maximum absolute atomic E-state index is 13.1. The van der Waals surface area contributed by atoms with Gasteiger partial charge in [0.2, 0.25) is 5.91 Å². The van der Waals surface area contributed by atoms with E-state index in [-0.39, 0.29) is 23.4 Å². The Kier molecular flexibility index (Phi) is 11.8. The molecule has 37 heavy (non-hydrogen) atoms. The Morgan fingerprint density at radius 1 is 1.24 bits per heavy atom. The zero-order valence-corrected chi connectivity index (χ0v) is 22.9. The Morgan fingerprint density at radius 3 is 2.65 bits per heavy atom. The molecule has 0 bridgehead atoms. The number of thiazole rings is 1. The van der Waals surface area contributed by atoms with Crippen LogP contribution in [0.3, 0.4) is 0 Å². The number of aromatic nitrogens is 1. The second-order valence-electron chi connectivity index (χ2n) is 9.61. The smallest absolute Gasteiger partial charge is 0.264 e. The van der Waals surface area contributed by atoms with E-state index in [0.29, 0.717) is 17.8 Å². The van der Waals surface area contributed by atoms with E-state index in [1.807, 2.05) is 35.7 Å². The van der Waals surface area contributed by atoms with Crippen LogP contribution in [0.5, 0.6) is 0 Å². The highest BCUT2D eigenvalue weighted by molar-refractivity contribution is 7.10. The minimum atomic E-state index is -0.308. The quantitative estimate of drug-likeness (QED) is 0.215. The number of hydrogen-bond donors (Lipinski definition) is 1. The third kappa shape index (κ3) is 9.10. The van der Waals surface area contributed by atoms with Crippen LogP contribution in [0, 0.1) is 11.3 Å². The van der Waals surface area contributed by atoms with Gasteiger partial charge in [-0.1, -0.05) is 37.6 Å². The number of carbonyl (C=O) groups excluding carboxylic acids is 2. The summed E-state index contributed by atoms with van der Waals surface area (Å²) in [5.41, 5.74) is 2.20. The van der Waals surface area contributed by atoms with E-state index in [9.17, 15) is 14.9 Å². The van der Waals surface area contributed by atoms with Crippen molar-refractivity contribution in [2.45, 2.75) is 64.3 Å². The van der Waals surface area contributed by atoms with Crippen LogP contribution in [-0.4, -0.2) is 59.8 Å². The molecule has 1 saturated heterocycles. The third-order valence-electron chi connectivity index (χ3n) is 6.85. The predicted octanol–water partition coefficient (Wildman–Crippen LogP) is 4.97. The summed E-state index contributed by atoms with van der Waals surface area (Å²) < 4.78 is 0. The molecule has 7 nitrogen and oxygen atoms in total. The Labute approximate surface area is 225 Å². The number of carbonyl (C=O) groups is 2. The molecule has 2 aromatic rings. The van der Waals surface area contributed by atoms with Gasteiger partial charge in [0.15, 0.2) is 0 Å². The molecule has 0 saturated carbocycles. The van der Waals surface area contributed by atoms with Gasteiger partial charge in [-0.15, -0.1) is 11.3 Å². The Bertz CT molecular complexity index is 1050. The zero-order chi connectivity index (χ0) is 26.5. The van der Waals surface area contributed by atoms with E-state index in [1.54, 1.807) is 24.2 Å². The first-order chi connectivity index (χ1) is 18.0. The van der Waals surface area contributed by atoms with Gasteiger partial charge in [0.05, 0.1) is 6.04 Å². The summed E-state index contributed by atoms with van der Waals surface area (Å²) in [7, 11) is 1.75. The third-order valence-corrected chi connectivity index (χ3v) is 7.57. The number of rotatable bonds is 14. The fourth-order valence-corrected chi connectivity index (χ4v) is 5.28. The summed E-state index contributed by atoms with van der Waals surface area (Å²) in [6.45, 7) is 6.42. The van der Waals surface area contributed by atoms with Crippen LogP contribution in [0.2, 0.25) is 0 Å². The normalized spacial score (nSPS) is 14.8. The molecule has 1 aromatic carbocycles. The lowest BCUT2D eigenvalue weighted by Crippen LogP contribution is -2.32. The highest BCUT2D eigenvalue weighted by Crippen LogP contribution is 2.27. The summed E-state index contributed by atoms with van der Waals surface area (Å²) in [6.07, 6.45) is 10.8. The van der Waals surface area contributed by atoms with Crippen molar-refractivity contribution in [2.75, 3.05) is 33.2 Å². The summed E-state index contributed by atoms with van der Waals surface area (Å²) in [4.78, 5) is 33.7. The van der Waals surface area contributed by atoms with Crippen LogP contribution >= 0.6 is 11.3 Å². The van der Waals surface area contributed by atoms with Gasteiger partial charge in [0.1, 0.15) is 16.6 Å². The summed E-state index contributed by atoms with van der Waals surface area (Å²) in [5, 5.41) is 15.1. The fourth-order valence-electron chi connectivity index (χ4n) is 4.71. The Hall–Kier alpha value is -3.02. The van der Waals surface area contributed by atoms with Gasteiger partial charge >= 0.3 is 0 Å². The van der Waals surface area contributed by atoms with Gasteiger partial charge in [-0.05, 0) is 75.4 Å². The van der Waals surface area contributed by atoms with Crippen molar-refractivity contribution in [1.29, 1.82) is 5.26 Å². The molecule has 1 aromatic heterocycles. The van der Waals surface area contributed by atoms with Gasteiger partial charge < -0.3 is 15.1 Å². The van der Waals surface area contributed by atoms with E-state index < -0.39 is 0 Å². The molecule has 0 spiro atoms. The molecule has 1 fully saturated rings. The standard InChI is InChI=1S/C29H39N5O2S/c1-3-8-26(33(2)29(36)25(22-30)21-28-32-16-20-37-28)24-12-9-23(10-13-24)11-14-27(35)31-15-4-5-17-34-18-6-7-19-34/h9-10,12-13,16,20-21,26H,3-8,11,14-15,17-19H2,1-2H3,(H,31,35)/b25-21+. The molecule has 1 N–H and O–H groups in total. The lowest BCUT2D eigenvalue weighted by atomic mass is 9.98. The summed E-state index contributed by atoms with van der Waals surface area (Å²) >= 11 is 1.39. The number of aryl methyl sites for hydroxylation is 1. The molecule has 8 heteroatoms. The fraction of sp³-hybridized carbons (Fsp3) is 0.517. The minimum absolute atomic E-state index is 0.0808. The highest BCUT2D eigenvalue weighted by atomic mass is 32.1. The molecule has 1 aliphatic heterocycles. The van der Waals surface area contributed by atoms with E-state index in [4.69, 9.17) is 0 Å². The zero-order valence-electron chi connectivity index (χ0n) is 22.1. The van der Waals surface area contributed by atoms with Crippen molar-refractivity contribution in [1.82, 2.24) is 20.1 Å². The minimum Gasteiger partial charge on any atom is -0.356 e. The van der Waals surface area contributed by atoms with E-state index in [1.165, 1.54) is 37.3 Å².